The van der Waals surface area contributed by atoms with Crippen molar-refractivity contribution >= 4 is 28.2 Å². The SMILES string of the molecule is CCOC(=O)c1ccsc1NC(=O)CNC1CCCC(C)C1C. The minimum Gasteiger partial charge on any atom is -0.462 e. The third kappa shape index (κ3) is 4.78. The second kappa shape index (κ2) is 8.45. The molecule has 0 bridgehead atoms. The minimum absolute atomic E-state index is 0.122. The van der Waals surface area contributed by atoms with Gasteiger partial charge >= 0.3 is 5.97 Å². The molecule has 1 aromatic rings. The smallest absolute Gasteiger partial charge is 0.341 e. The first-order valence-corrected chi connectivity index (χ1v) is 9.18. The van der Waals surface area contributed by atoms with Gasteiger partial charge < -0.3 is 15.4 Å². The van der Waals surface area contributed by atoms with Gasteiger partial charge in [0.2, 0.25) is 5.91 Å². The summed E-state index contributed by atoms with van der Waals surface area (Å²) in [7, 11) is 0. The van der Waals surface area contributed by atoms with Gasteiger partial charge in [-0.05, 0) is 36.6 Å². The Morgan fingerprint density at radius 2 is 2.13 bits per heavy atom. The largest absolute Gasteiger partial charge is 0.462 e. The zero-order valence-electron chi connectivity index (χ0n) is 14.1. The van der Waals surface area contributed by atoms with E-state index in [1.165, 1.54) is 24.2 Å². The first kappa shape index (κ1) is 17.9. The standard InChI is InChI=1S/C17H26N2O3S/c1-4-22-17(21)13-8-9-23-16(13)19-15(20)10-18-14-7-5-6-11(2)12(14)3/h8-9,11-12,14,18H,4-7,10H2,1-3H3,(H,19,20). The van der Waals surface area contributed by atoms with Crippen molar-refractivity contribution in [2.45, 2.75) is 46.1 Å². The monoisotopic (exact) mass is 338 g/mol. The van der Waals surface area contributed by atoms with E-state index in [2.05, 4.69) is 24.5 Å². The van der Waals surface area contributed by atoms with E-state index in [0.717, 1.165) is 6.42 Å². The third-order valence-electron chi connectivity index (χ3n) is 4.65. The van der Waals surface area contributed by atoms with E-state index >= 15 is 0 Å². The number of carbonyl (C=O) groups is 2. The van der Waals surface area contributed by atoms with Crippen molar-refractivity contribution in [2.75, 3.05) is 18.5 Å². The number of carbonyl (C=O) groups excluding carboxylic acids is 2. The minimum atomic E-state index is -0.397. The summed E-state index contributed by atoms with van der Waals surface area (Å²) in [6.45, 7) is 6.87. The number of hydrogen-bond donors (Lipinski definition) is 2. The highest BCUT2D eigenvalue weighted by atomic mass is 32.1. The lowest BCUT2D eigenvalue weighted by molar-refractivity contribution is -0.115. The van der Waals surface area contributed by atoms with Crippen LogP contribution in [0.3, 0.4) is 0 Å². The molecule has 1 aromatic heterocycles. The molecule has 6 heteroatoms. The van der Waals surface area contributed by atoms with E-state index < -0.39 is 5.97 Å². The van der Waals surface area contributed by atoms with Crippen LogP contribution in [0.5, 0.6) is 0 Å². The molecule has 128 valence electrons. The van der Waals surface area contributed by atoms with Gasteiger partial charge in [-0.25, -0.2) is 4.79 Å². The Kier molecular flexibility index (Phi) is 6.59. The van der Waals surface area contributed by atoms with Crippen LogP contribution in [0.2, 0.25) is 0 Å². The van der Waals surface area contributed by atoms with Crippen molar-refractivity contribution in [1.82, 2.24) is 5.32 Å². The van der Waals surface area contributed by atoms with Gasteiger partial charge in [-0.3, -0.25) is 4.79 Å². The number of esters is 1. The highest BCUT2D eigenvalue weighted by Crippen LogP contribution is 2.29. The van der Waals surface area contributed by atoms with Crippen LogP contribution in [0.1, 0.15) is 50.4 Å². The first-order valence-electron chi connectivity index (χ1n) is 8.30. The van der Waals surface area contributed by atoms with Gasteiger partial charge in [-0.2, -0.15) is 0 Å². The van der Waals surface area contributed by atoms with E-state index in [0.29, 0.717) is 35.0 Å². The molecular formula is C17H26N2O3S. The van der Waals surface area contributed by atoms with Crippen LogP contribution in [0.25, 0.3) is 0 Å². The normalized spacial score (nSPS) is 24.2. The predicted octanol–water partition coefficient (Wildman–Crippen LogP) is 3.28. The molecule has 3 atom stereocenters. The topological polar surface area (TPSA) is 67.4 Å². The van der Waals surface area contributed by atoms with Gasteiger partial charge in [-0.1, -0.05) is 26.7 Å². The van der Waals surface area contributed by atoms with E-state index in [1.807, 2.05) is 0 Å². The molecule has 3 unspecified atom stereocenters. The van der Waals surface area contributed by atoms with Gasteiger partial charge in [0.1, 0.15) is 5.00 Å². The molecular weight excluding hydrogens is 312 g/mol. The number of nitrogens with one attached hydrogen (secondary N) is 2. The van der Waals surface area contributed by atoms with E-state index in [9.17, 15) is 9.59 Å². The Morgan fingerprint density at radius 3 is 2.87 bits per heavy atom. The van der Waals surface area contributed by atoms with E-state index in [4.69, 9.17) is 4.74 Å². The van der Waals surface area contributed by atoms with Gasteiger partial charge in [-0.15, -0.1) is 11.3 Å². The summed E-state index contributed by atoms with van der Waals surface area (Å²) in [6.07, 6.45) is 3.60. The third-order valence-corrected chi connectivity index (χ3v) is 5.48. The molecule has 1 saturated carbocycles. The van der Waals surface area contributed by atoms with Crippen molar-refractivity contribution in [1.29, 1.82) is 0 Å². The van der Waals surface area contributed by atoms with Crippen LogP contribution in [-0.2, 0) is 9.53 Å². The Hall–Kier alpha value is -1.40. The molecule has 1 heterocycles. The van der Waals surface area contributed by atoms with Gasteiger partial charge in [0.15, 0.2) is 0 Å². The van der Waals surface area contributed by atoms with Crippen molar-refractivity contribution < 1.29 is 14.3 Å². The number of amides is 1. The number of rotatable bonds is 6. The lowest BCUT2D eigenvalue weighted by atomic mass is 9.78. The van der Waals surface area contributed by atoms with Crippen LogP contribution >= 0.6 is 11.3 Å². The highest BCUT2D eigenvalue weighted by Gasteiger charge is 2.27. The van der Waals surface area contributed by atoms with Crippen molar-refractivity contribution in [3.8, 4) is 0 Å². The Morgan fingerprint density at radius 1 is 1.35 bits per heavy atom. The Labute approximate surface area is 141 Å². The zero-order chi connectivity index (χ0) is 16.8. The van der Waals surface area contributed by atoms with Crippen LogP contribution < -0.4 is 10.6 Å². The molecule has 2 N–H and O–H groups in total. The Bertz CT molecular complexity index is 544. The number of anilines is 1. The fraction of sp³-hybridized carbons (Fsp3) is 0.647. The average Bonchev–Trinajstić information content (AvgIpc) is 2.97. The molecule has 0 saturated heterocycles. The molecule has 0 radical (unpaired) electrons. The van der Waals surface area contributed by atoms with Gasteiger partial charge in [0.25, 0.3) is 0 Å². The lowest BCUT2D eigenvalue weighted by Gasteiger charge is -2.34. The number of thiophene rings is 1. The fourth-order valence-corrected chi connectivity index (χ4v) is 3.83. The molecule has 1 fully saturated rings. The molecule has 0 aliphatic heterocycles. The maximum Gasteiger partial charge on any atom is 0.341 e. The molecule has 2 rings (SSSR count). The van der Waals surface area contributed by atoms with Crippen LogP contribution in [0, 0.1) is 11.8 Å². The molecule has 1 aliphatic carbocycles. The molecule has 1 aliphatic rings. The quantitative estimate of drug-likeness (QED) is 0.781. The molecule has 0 aromatic carbocycles. The summed E-state index contributed by atoms with van der Waals surface area (Å²) in [5.41, 5.74) is 0.421. The van der Waals surface area contributed by atoms with Crippen LogP contribution in [-0.4, -0.2) is 31.1 Å². The summed E-state index contributed by atoms with van der Waals surface area (Å²) < 4.78 is 4.99. The molecule has 23 heavy (non-hydrogen) atoms. The number of hydrogen-bond acceptors (Lipinski definition) is 5. The maximum atomic E-state index is 12.2. The first-order chi connectivity index (χ1) is 11.0. The predicted molar refractivity (Wildman–Crippen MR) is 92.9 cm³/mol. The van der Waals surface area contributed by atoms with E-state index in [1.54, 1.807) is 18.4 Å². The fourth-order valence-electron chi connectivity index (χ4n) is 3.04. The summed E-state index contributed by atoms with van der Waals surface area (Å²) in [5.74, 6) is 0.751. The summed E-state index contributed by atoms with van der Waals surface area (Å²) in [5, 5.41) is 8.51. The molecule has 1 amide bonds. The average molecular weight is 338 g/mol. The van der Waals surface area contributed by atoms with Crippen molar-refractivity contribution in [2.24, 2.45) is 11.8 Å². The summed E-state index contributed by atoms with van der Waals surface area (Å²) >= 11 is 1.33. The summed E-state index contributed by atoms with van der Waals surface area (Å²) in [4.78, 5) is 24.0. The molecule has 0 spiro atoms. The second-order valence-corrected chi connectivity index (χ2v) is 7.10. The maximum absolute atomic E-state index is 12.2. The van der Waals surface area contributed by atoms with Gasteiger partial charge in [0.05, 0.1) is 18.7 Å². The van der Waals surface area contributed by atoms with Crippen molar-refractivity contribution in [3.63, 3.8) is 0 Å². The van der Waals surface area contributed by atoms with Gasteiger partial charge in [0, 0.05) is 6.04 Å². The zero-order valence-corrected chi connectivity index (χ0v) is 14.9. The second-order valence-electron chi connectivity index (χ2n) is 6.19. The summed E-state index contributed by atoms with van der Waals surface area (Å²) in [6, 6.07) is 2.06. The highest BCUT2D eigenvalue weighted by molar-refractivity contribution is 7.14. The lowest BCUT2D eigenvalue weighted by Crippen LogP contribution is -2.43. The van der Waals surface area contributed by atoms with Crippen LogP contribution in [0.15, 0.2) is 11.4 Å². The molecule has 5 nitrogen and oxygen atoms in total. The van der Waals surface area contributed by atoms with E-state index in [-0.39, 0.29) is 12.5 Å². The van der Waals surface area contributed by atoms with Crippen molar-refractivity contribution in [3.05, 3.63) is 17.0 Å². The van der Waals surface area contributed by atoms with Crippen LogP contribution in [0.4, 0.5) is 5.00 Å². The Balaban J connectivity index is 1.86. The number of ether oxygens (including phenoxy) is 1.